The minimum absolute atomic E-state index is 0.0374. The number of carbonyl (C=O) groups excluding carboxylic acids is 2. The number of hydrogen-bond acceptors (Lipinski definition) is 3. The van der Waals surface area contributed by atoms with Crippen LogP contribution < -0.4 is 11.1 Å². The van der Waals surface area contributed by atoms with E-state index in [4.69, 9.17) is 5.73 Å². The zero-order chi connectivity index (χ0) is 17.0. The first-order chi connectivity index (χ1) is 10.7. The molecule has 2 aliphatic heterocycles. The van der Waals surface area contributed by atoms with Crippen molar-refractivity contribution in [2.45, 2.75) is 37.9 Å². The molecule has 3 amide bonds. The number of nitrogens with one attached hydrogen (secondary N) is 1. The van der Waals surface area contributed by atoms with Crippen LogP contribution in [0.2, 0.25) is 0 Å². The molecule has 2 rings (SSSR count). The lowest BCUT2D eigenvalue weighted by molar-refractivity contribution is -0.155. The van der Waals surface area contributed by atoms with E-state index in [1.54, 1.807) is 4.90 Å². The second-order valence-electron chi connectivity index (χ2n) is 6.30. The van der Waals surface area contributed by atoms with Crippen LogP contribution in [0.15, 0.2) is 0 Å². The van der Waals surface area contributed by atoms with Crippen molar-refractivity contribution in [1.29, 1.82) is 0 Å². The Labute approximate surface area is 133 Å². The van der Waals surface area contributed by atoms with Crippen LogP contribution in [-0.4, -0.2) is 66.7 Å². The number of likely N-dealkylation sites (tertiary alicyclic amines) is 2. The van der Waals surface area contributed by atoms with Crippen molar-refractivity contribution in [3.8, 4) is 0 Å². The first kappa shape index (κ1) is 17.8. The number of primary amides is 1. The van der Waals surface area contributed by atoms with E-state index < -0.39 is 18.8 Å². The van der Waals surface area contributed by atoms with E-state index in [0.29, 0.717) is 45.3 Å². The summed E-state index contributed by atoms with van der Waals surface area (Å²) in [5.74, 6) is -0.443. The average molecular weight is 336 g/mol. The summed E-state index contributed by atoms with van der Waals surface area (Å²) < 4.78 is 37.5. The monoisotopic (exact) mass is 336 g/mol. The number of urea groups is 1. The van der Waals surface area contributed by atoms with Crippen LogP contribution in [0.5, 0.6) is 0 Å². The van der Waals surface area contributed by atoms with Crippen LogP contribution >= 0.6 is 0 Å². The molecule has 132 valence electrons. The Bertz CT molecular complexity index is 436. The normalized spacial score (nSPS) is 24.5. The van der Waals surface area contributed by atoms with Gasteiger partial charge in [-0.1, -0.05) is 0 Å². The number of rotatable bonds is 3. The first-order valence-electron chi connectivity index (χ1n) is 7.88. The van der Waals surface area contributed by atoms with Crippen LogP contribution in [0.1, 0.15) is 25.7 Å². The van der Waals surface area contributed by atoms with Crippen LogP contribution in [0.25, 0.3) is 0 Å². The molecule has 23 heavy (non-hydrogen) atoms. The summed E-state index contributed by atoms with van der Waals surface area (Å²) in [5, 5.41) is 2.62. The predicted octanol–water partition coefficient (Wildman–Crippen LogP) is 0.920. The van der Waals surface area contributed by atoms with Gasteiger partial charge < -0.3 is 16.0 Å². The SMILES string of the molecule is NC(=O)NC1CCN(C(=O)C2CCCN(CC(F)(F)F)C2)CC1. The third-order valence-electron chi connectivity index (χ3n) is 4.41. The largest absolute Gasteiger partial charge is 0.401 e. The van der Waals surface area contributed by atoms with Gasteiger partial charge in [0.15, 0.2) is 0 Å². The summed E-state index contributed by atoms with van der Waals surface area (Å²) in [6, 6.07) is -0.616. The molecule has 6 nitrogen and oxygen atoms in total. The zero-order valence-electron chi connectivity index (χ0n) is 12.9. The Hall–Kier alpha value is -1.51. The van der Waals surface area contributed by atoms with Crippen molar-refractivity contribution in [3.05, 3.63) is 0 Å². The van der Waals surface area contributed by atoms with Gasteiger partial charge in [-0.2, -0.15) is 13.2 Å². The summed E-state index contributed by atoms with van der Waals surface area (Å²) in [7, 11) is 0. The highest BCUT2D eigenvalue weighted by Crippen LogP contribution is 2.24. The van der Waals surface area contributed by atoms with Crippen LogP contribution in [0.4, 0.5) is 18.0 Å². The number of piperidine rings is 2. The summed E-state index contributed by atoms with van der Waals surface area (Å²) in [4.78, 5) is 26.3. The third kappa shape index (κ3) is 5.56. The highest BCUT2D eigenvalue weighted by atomic mass is 19.4. The maximum absolute atomic E-state index is 12.5. The van der Waals surface area contributed by atoms with Crippen molar-refractivity contribution < 1.29 is 22.8 Å². The third-order valence-corrected chi connectivity index (χ3v) is 4.41. The van der Waals surface area contributed by atoms with E-state index in [1.807, 2.05) is 0 Å². The number of amides is 3. The molecule has 0 radical (unpaired) electrons. The van der Waals surface area contributed by atoms with Crippen molar-refractivity contribution >= 4 is 11.9 Å². The minimum atomic E-state index is -4.23. The lowest BCUT2D eigenvalue weighted by Gasteiger charge is -2.38. The average Bonchev–Trinajstić information content (AvgIpc) is 2.45. The Morgan fingerprint density at radius 1 is 1.13 bits per heavy atom. The van der Waals surface area contributed by atoms with Gasteiger partial charge >= 0.3 is 12.2 Å². The molecule has 1 atom stereocenters. The summed E-state index contributed by atoms with van der Waals surface area (Å²) in [6.07, 6.45) is -1.76. The second-order valence-corrected chi connectivity index (χ2v) is 6.30. The van der Waals surface area contributed by atoms with Gasteiger partial charge in [-0.15, -0.1) is 0 Å². The molecular weight excluding hydrogens is 313 g/mol. The molecule has 2 fully saturated rings. The van der Waals surface area contributed by atoms with E-state index in [2.05, 4.69) is 5.32 Å². The number of halogens is 3. The zero-order valence-corrected chi connectivity index (χ0v) is 12.9. The molecule has 3 N–H and O–H groups in total. The molecule has 0 bridgehead atoms. The lowest BCUT2D eigenvalue weighted by atomic mass is 9.95. The smallest absolute Gasteiger partial charge is 0.352 e. The molecule has 1 unspecified atom stereocenters. The van der Waals surface area contributed by atoms with Gasteiger partial charge in [0, 0.05) is 25.7 Å². The quantitative estimate of drug-likeness (QED) is 0.804. The maximum Gasteiger partial charge on any atom is 0.401 e. The summed E-state index contributed by atoms with van der Waals surface area (Å²) in [5.41, 5.74) is 5.07. The fourth-order valence-corrected chi connectivity index (χ4v) is 3.36. The lowest BCUT2D eigenvalue weighted by Crippen LogP contribution is -2.51. The van der Waals surface area contributed by atoms with E-state index in [9.17, 15) is 22.8 Å². The van der Waals surface area contributed by atoms with E-state index in [1.165, 1.54) is 4.90 Å². The second kappa shape index (κ2) is 7.37. The van der Waals surface area contributed by atoms with Gasteiger partial charge in [0.2, 0.25) is 5.91 Å². The standard InChI is InChI=1S/C14H23F3N4O2/c15-14(16,17)9-20-5-1-2-10(8-20)12(22)21-6-3-11(4-7-21)19-13(18)23/h10-11H,1-9H2,(H3,18,19,23). The fourth-order valence-electron chi connectivity index (χ4n) is 3.36. The number of nitrogens with zero attached hydrogens (tertiary/aromatic N) is 2. The van der Waals surface area contributed by atoms with Gasteiger partial charge in [-0.25, -0.2) is 4.79 Å². The predicted molar refractivity (Wildman–Crippen MR) is 77.5 cm³/mol. The molecule has 0 aromatic carbocycles. The van der Waals surface area contributed by atoms with Crippen molar-refractivity contribution in [3.63, 3.8) is 0 Å². The van der Waals surface area contributed by atoms with Crippen molar-refractivity contribution in [1.82, 2.24) is 15.1 Å². The molecule has 0 aromatic heterocycles. The Kier molecular flexibility index (Phi) is 5.72. The molecule has 0 aromatic rings. The molecule has 2 aliphatic rings. The van der Waals surface area contributed by atoms with Gasteiger partial charge in [0.1, 0.15) is 0 Å². The number of alkyl halides is 3. The number of hydrogen-bond donors (Lipinski definition) is 2. The van der Waals surface area contributed by atoms with Gasteiger partial charge in [-0.05, 0) is 32.2 Å². The van der Waals surface area contributed by atoms with Crippen LogP contribution in [0, 0.1) is 5.92 Å². The van der Waals surface area contributed by atoms with E-state index >= 15 is 0 Å². The first-order valence-corrected chi connectivity index (χ1v) is 7.88. The molecule has 0 saturated carbocycles. The Balaban J connectivity index is 1.82. The highest BCUT2D eigenvalue weighted by Gasteiger charge is 2.36. The Morgan fingerprint density at radius 2 is 1.78 bits per heavy atom. The molecule has 0 aliphatic carbocycles. The highest BCUT2D eigenvalue weighted by molar-refractivity contribution is 5.79. The van der Waals surface area contributed by atoms with Gasteiger partial charge in [0.25, 0.3) is 0 Å². The van der Waals surface area contributed by atoms with Crippen molar-refractivity contribution in [2.75, 3.05) is 32.7 Å². The molecular formula is C14H23F3N4O2. The molecule has 9 heteroatoms. The van der Waals surface area contributed by atoms with Gasteiger partial charge in [0.05, 0.1) is 12.5 Å². The fraction of sp³-hybridized carbons (Fsp3) is 0.857. The summed E-state index contributed by atoms with van der Waals surface area (Å²) in [6.45, 7) is 0.589. The van der Waals surface area contributed by atoms with Crippen LogP contribution in [-0.2, 0) is 4.79 Å². The maximum atomic E-state index is 12.5. The Morgan fingerprint density at radius 3 is 2.35 bits per heavy atom. The molecule has 0 spiro atoms. The summed E-state index contributed by atoms with van der Waals surface area (Å²) >= 11 is 0. The minimum Gasteiger partial charge on any atom is -0.352 e. The molecule has 2 saturated heterocycles. The van der Waals surface area contributed by atoms with Gasteiger partial charge in [-0.3, -0.25) is 9.69 Å². The van der Waals surface area contributed by atoms with E-state index in [0.717, 1.165) is 0 Å². The topological polar surface area (TPSA) is 78.7 Å². The number of nitrogens with two attached hydrogens (primary N) is 1. The van der Waals surface area contributed by atoms with E-state index in [-0.39, 0.29) is 24.4 Å². The molecule has 2 heterocycles. The van der Waals surface area contributed by atoms with Crippen LogP contribution in [0.3, 0.4) is 0 Å². The number of carbonyl (C=O) groups is 2. The van der Waals surface area contributed by atoms with Crippen molar-refractivity contribution in [2.24, 2.45) is 11.7 Å².